The number of rotatable bonds is 15. The molecule has 0 aliphatic rings. The fraction of sp³-hybridized carbons (Fsp3) is 0.549. The molecule has 0 saturated heterocycles. The van der Waals surface area contributed by atoms with E-state index in [2.05, 4.69) is 117 Å². The van der Waals surface area contributed by atoms with E-state index in [0.29, 0.717) is 17.8 Å². The van der Waals surface area contributed by atoms with Crippen molar-refractivity contribution in [1.82, 2.24) is 9.97 Å². The predicted octanol–water partition coefficient (Wildman–Crippen LogP) is 15.0. The van der Waals surface area contributed by atoms with Crippen molar-refractivity contribution in [3.63, 3.8) is 0 Å². The van der Waals surface area contributed by atoms with E-state index in [9.17, 15) is 9.90 Å². The number of nitrogens with zero attached hydrogens (tertiary/aromatic N) is 2. The molecule has 2 heterocycles. The zero-order chi connectivity index (χ0) is 42.5. The number of aliphatic hydroxyl groups is 1. The molecule has 5 rings (SSSR count). The number of aliphatic hydroxyl groups excluding tert-OH is 1. The first-order chi connectivity index (χ1) is 26.7. The molecular weight excluding hydrogens is 925 g/mol. The van der Waals surface area contributed by atoms with Gasteiger partial charge in [0, 0.05) is 57.5 Å². The number of ketones is 1. The van der Waals surface area contributed by atoms with Crippen molar-refractivity contribution in [2.24, 2.45) is 28.6 Å². The number of thiophene rings is 1. The molecule has 0 bridgehead atoms. The summed E-state index contributed by atoms with van der Waals surface area (Å²) >= 11 is 1.93. The van der Waals surface area contributed by atoms with Crippen molar-refractivity contribution >= 4 is 61.5 Å². The van der Waals surface area contributed by atoms with Crippen LogP contribution in [0.1, 0.15) is 135 Å². The fourth-order valence-electron chi connectivity index (χ4n) is 8.79. The van der Waals surface area contributed by atoms with Gasteiger partial charge in [0.05, 0.1) is 13.6 Å². The van der Waals surface area contributed by atoms with Gasteiger partial charge < -0.3 is 5.11 Å². The number of hydrogen-bond donors (Lipinski definition) is 1. The Morgan fingerprint density at radius 1 is 0.759 bits per heavy atom. The van der Waals surface area contributed by atoms with Crippen LogP contribution >= 0.6 is 11.3 Å². The minimum Gasteiger partial charge on any atom is -0.512 e. The molecule has 4 nitrogen and oxygen atoms in total. The average Bonchev–Trinajstić information content (AvgIpc) is 3.55. The number of hydrogen-bond acceptors (Lipinski definition) is 5. The van der Waals surface area contributed by atoms with Crippen LogP contribution in [0.3, 0.4) is 0 Å². The Kier molecular flexibility index (Phi) is 17.3. The summed E-state index contributed by atoms with van der Waals surface area (Å²) in [6.45, 7) is 33.5. The van der Waals surface area contributed by atoms with Gasteiger partial charge >= 0.3 is 0 Å². The molecule has 0 amide bonds. The fourth-order valence-corrected chi connectivity index (χ4v) is 17.7. The molecule has 1 radical (unpaired) electrons. The first kappa shape index (κ1) is 49.7. The van der Waals surface area contributed by atoms with Gasteiger partial charge in [-0.15, -0.1) is 40.5 Å². The van der Waals surface area contributed by atoms with Crippen LogP contribution in [-0.2, 0) is 30.3 Å². The largest absolute Gasteiger partial charge is 0.512 e. The Bertz CT molecular complexity index is 2140. The minimum atomic E-state index is -1.80. The normalized spacial score (nSPS) is 13.1. The van der Waals surface area contributed by atoms with E-state index in [0.717, 1.165) is 47.8 Å². The summed E-state index contributed by atoms with van der Waals surface area (Å²) in [5.74, 6) is 2.35. The summed E-state index contributed by atoms with van der Waals surface area (Å²) in [5, 5.41) is 15.5. The van der Waals surface area contributed by atoms with E-state index in [-0.39, 0.29) is 47.9 Å². The average molecular weight is 999 g/mol. The standard InChI is InChI=1S/C36H45N2SSi.C15H28O2.Ir/c1-23(2)19-40(20-24(3)4,21-25(5)6)31-16-12-15-29-33-35(39-34(29)31)32(37-22-38-33)27-17-26-13-10-11-14-28(26)30(18-27)36(7,8)9;1-7-14(5,8-2)12(16)11-13(17)15(6,9-3)10-4;/h10-16,18,22-25H,19-21H2,1-9H3;11,16H,7-10H2,1-6H3;/q-1;;/b;12-11-;. The molecular formula is C51H73IrN2O2SSi-. The van der Waals surface area contributed by atoms with Gasteiger partial charge in [0.2, 0.25) is 0 Å². The zero-order valence-electron chi connectivity index (χ0n) is 38.4. The Morgan fingerprint density at radius 3 is 1.81 bits per heavy atom. The summed E-state index contributed by atoms with van der Waals surface area (Å²) in [7, 11) is -1.80. The summed E-state index contributed by atoms with van der Waals surface area (Å²) < 4.78 is 2.64. The van der Waals surface area contributed by atoms with Gasteiger partial charge in [-0.25, -0.2) is 4.98 Å². The van der Waals surface area contributed by atoms with Gasteiger partial charge in [0.1, 0.15) is 12.1 Å². The molecule has 0 aliphatic heterocycles. The van der Waals surface area contributed by atoms with Crippen molar-refractivity contribution in [3.05, 3.63) is 78.3 Å². The van der Waals surface area contributed by atoms with Crippen LogP contribution in [0, 0.1) is 34.7 Å². The van der Waals surface area contributed by atoms with Gasteiger partial charge in [-0.2, -0.15) is 0 Å². The quantitative estimate of drug-likeness (QED) is 0.0491. The molecule has 0 saturated carbocycles. The van der Waals surface area contributed by atoms with E-state index in [1.165, 1.54) is 49.9 Å². The Morgan fingerprint density at radius 2 is 1.29 bits per heavy atom. The van der Waals surface area contributed by atoms with Gasteiger partial charge in [-0.05, 0) is 54.0 Å². The van der Waals surface area contributed by atoms with E-state index in [1.807, 2.05) is 52.9 Å². The first-order valence-corrected chi connectivity index (χ1v) is 25.2. The summed E-state index contributed by atoms with van der Waals surface area (Å²) in [6.07, 6.45) is 6.52. The number of allylic oxidation sites excluding steroid dienone is 2. The van der Waals surface area contributed by atoms with Crippen LogP contribution in [0.2, 0.25) is 18.1 Å². The van der Waals surface area contributed by atoms with Crippen LogP contribution in [0.25, 0.3) is 42.3 Å². The van der Waals surface area contributed by atoms with Gasteiger partial charge in [0.15, 0.2) is 5.78 Å². The smallest absolute Gasteiger partial charge is 0.164 e. The third-order valence-corrected chi connectivity index (χ3v) is 20.5. The molecule has 1 N–H and O–H groups in total. The van der Waals surface area contributed by atoms with E-state index < -0.39 is 8.07 Å². The van der Waals surface area contributed by atoms with Gasteiger partial charge in [-0.1, -0.05) is 169 Å². The van der Waals surface area contributed by atoms with Crippen LogP contribution in [-0.4, -0.2) is 28.9 Å². The van der Waals surface area contributed by atoms with Crippen molar-refractivity contribution in [1.29, 1.82) is 0 Å². The van der Waals surface area contributed by atoms with Crippen LogP contribution < -0.4 is 5.19 Å². The molecule has 0 aliphatic carbocycles. The van der Waals surface area contributed by atoms with Crippen molar-refractivity contribution < 1.29 is 30.0 Å². The number of aromatic nitrogens is 2. The van der Waals surface area contributed by atoms with E-state index in [1.54, 1.807) is 11.5 Å². The molecule has 0 atom stereocenters. The van der Waals surface area contributed by atoms with Crippen LogP contribution in [0.15, 0.2) is 66.7 Å². The topological polar surface area (TPSA) is 63.1 Å². The second-order valence-electron chi connectivity index (χ2n) is 19.6. The van der Waals surface area contributed by atoms with Crippen molar-refractivity contribution in [3.8, 4) is 11.3 Å². The molecule has 58 heavy (non-hydrogen) atoms. The predicted molar refractivity (Wildman–Crippen MR) is 253 cm³/mol. The van der Waals surface area contributed by atoms with Gasteiger partial charge in [-0.3, -0.25) is 9.78 Å². The summed E-state index contributed by atoms with van der Waals surface area (Å²) in [5.41, 5.74) is 3.92. The Hall–Kier alpha value is -2.70. The first-order valence-electron chi connectivity index (χ1n) is 21.8. The van der Waals surface area contributed by atoms with Crippen molar-refractivity contribution in [2.75, 3.05) is 0 Å². The Labute approximate surface area is 370 Å². The van der Waals surface area contributed by atoms with E-state index >= 15 is 0 Å². The SMILES string of the molecule is CC(C)C[Si](CC(C)C)(CC(C)C)c1cccc2c1sc1c(-c3[c-]c4ccccc4c(C(C)(C)C)c3)ncnc12.CCC(C)(CC)C(=O)/C=C(\O)C(C)(CC)CC.[Ir]. The Balaban J connectivity index is 0.000000425. The maximum atomic E-state index is 12.2. The molecule has 0 fully saturated rings. The third-order valence-electron chi connectivity index (χ3n) is 12.7. The van der Waals surface area contributed by atoms with Gasteiger partial charge in [0.25, 0.3) is 0 Å². The molecule has 3 aromatic carbocycles. The third kappa shape index (κ3) is 11.0. The molecule has 0 unspecified atom stereocenters. The molecule has 5 aromatic rings. The van der Waals surface area contributed by atoms with Crippen molar-refractivity contribution in [2.45, 2.75) is 153 Å². The number of carbonyl (C=O) groups is 1. The molecule has 7 heteroatoms. The maximum Gasteiger partial charge on any atom is 0.164 e. The number of benzene rings is 3. The molecule has 0 spiro atoms. The monoisotopic (exact) mass is 998 g/mol. The summed E-state index contributed by atoms with van der Waals surface area (Å²) in [4.78, 5) is 22.0. The molecule has 319 valence electrons. The zero-order valence-corrected chi connectivity index (χ0v) is 42.7. The second-order valence-corrected chi connectivity index (χ2v) is 24.9. The summed E-state index contributed by atoms with van der Waals surface area (Å²) in [6, 6.07) is 25.8. The van der Waals surface area contributed by atoms with Crippen LogP contribution in [0.4, 0.5) is 0 Å². The minimum absolute atomic E-state index is 0. The van der Waals surface area contributed by atoms with E-state index in [4.69, 9.17) is 9.97 Å². The number of carbonyl (C=O) groups excluding carboxylic acids is 1. The number of fused-ring (bicyclic) bond motifs is 4. The maximum absolute atomic E-state index is 12.2. The van der Waals surface area contributed by atoms with Crippen LogP contribution in [0.5, 0.6) is 0 Å². The second kappa shape index (κ2) is 20.2. The molecule has 2 aromatic heterocycles.